The van der Waals surface area contributed by atoms with E-state index < -0.39 is 6.23 Å². The van der Waals surface area contributed by atoms with E-state index in [2.05, 4.69) is 11.9 Å². The summed E-state index contributed by atoms with van der Waals surface area (Å²) in [6, 6.07) is 1.31. The van der Waals surface area contributed by atoms with Crippen LogP contribution in [0, 0.1) is 0 Å². The maximum absolute atomic E-state index is 9.85. The summed E-state index contributed by atoms with van der Waals surface area (Å²) in [5.74, 6) is 0. The van der Waals surface area contributed by atoms with Crippen LogP contribution in [0.4, 0.5) is 0 Å². The maximum atomic E-state index is 9.85. The van der Waals surface area contributed by atoms with Crippen molar-refractivity contribution < 1.29 is 5.11 Å². The lowest BCUT2D eigenvalue weighted by molar-refractivity contribution is 0.0811. The molecule has 0 bridgehead atoms. The van der Waals surface area contributed by atoms with Crippen LogP contribution in [-0.4, -0.2) is 37.4 Å². The van der Waals surface area contributed by atoms with Crippen LogP contribution in [0.25, 0.3) is 0 Å². The molecule has 0 aliphatic carbocycles. The minimum atomic E-state index is -0.526. The Hall–Kier alpha value is -0.393. The summed E-state index contributed by atoms with van der Waals surface area (Å²) >= 11 is 5.13. The number of aliphatic hydroxyl groups excluding tert-OH is 1. The molecule has 0 aromatic carbocycles. The molecule has 2 N–H and O–H groups in total. The summed E-state index contributed by atoms with van der Waals surface area (Å²) in [7, 11) is 0.134. The molecule has 0 aromatic rings. The average molecular weight is 230 g/mol. The van der Waals surface area contributed by atoms with Crippen molar-refractivity contribution in [2.75, 3.05) is 6.54 Å². The molecule has 80 valence electrons. The molecule has 0 saturated heterocycles. The zero-order chi connectivity index (χ0) is 10.6. The molecule has 5 heteroatoms. The second-order valence-electron chi connectivity index (χ2n) is 3.61. The summed E-state index contributed by atoms with van der Waals surface area (Å²) in [6.45, 7) is 5.06. The second-order valence-corrected chi connectivity index (χ2v) is 5.71. The fraction of sp³-hybridized carbons (Fsp3) is 0.667. The van der Waals surface area contributed by atoms with Gasteiger partial charge in [0.05, 0.1) is 0 Å². The fourth-order valence-corrected chi connectivity index (χ4v) is 2.42. The average Bonchev–Trinajstić information content (AvgIpc) is 2.18. The highest BCUT2D eigenvalue weighted by molar-refractivity contribution is 7.80. The first-order valence-electron chi connectivity index (χ1n) is 5.08. The smallest absolute Gasteiger partial charge is 0.175 e. The van der Waals surface area contributed by atoms with Crippen molar-refractivity contribution in [3.63, 3.8) is 0 Å². The predicted molar refractivity (Wildman–Crippen MR) is 66.0 cm³/mol. The van der Waals surface area contributed by atoms with Gasteiger partial charge in [0.2, 0.25) is 0 Å². The van der Waals surface area contributed by atoms with Gasteiger partial charge in [-0.3, -0.25) is 0 Å². The van der Waals surface area contributed by atoms with Gasteiger partial charge in [-0.1, -0.05) is 12.6 Å². The summed E-state index contributed by atoms with van der Waals surface area (Å²) in [4.78, 5) is 1.86. The molecule has 1 aliphatic rings. The molecule has 0 saturated carbocycles. The normalized spacial score (nSPS) is 22.8. The van der Waals surface area contributed by atoms with Gasteiger partial charge in [-0.2, -0.15) is 0 Å². The van der Waals surface area contributed by atoms with E-state index in [-0.39, 0.29) is 9.52 Å². The molecule has 0 fully saturated rings. The van der Waals surface area contributed by atoms with E-state index >= 15 is 0 Å². The number of nitrogens with one attached hydrogen (secondary N) is 1. The molecule has 1 atom stereocenters. The quantitative estimate of drug-likeness (QED) is 0.417. The second kappa shape index (κ2) is 5.48. The van der Waals surface area contributed by atoms with Crippen LogP contribution in [0.5, 0.6) is 0 Å². The maximum Gasteiger partial charge on any atom is 0.175 e. The number of rotatable bonds is 4. The van der Waals surface area contributed by atoms with E-state index in [1.165, 1.54) is 6.04 Å². The summed E-state index contributed by atoms with van der Waals surface area (Å²) in [6.07, 6.45) is 2.38. The Morgan fingerprint density at radius 1 is 1.71 bits per heavy atom. The van der Waals surface area contributed by atoms with Gasteiger partial charge in [-0.15, -0.1) is 0 Å². The van der Waals surface area contributed by atoms with Gasteiger partial charge in [0.25, 0.3) is 0 Å². The van der Waals surface area contributed by atoms with Crippen LogP contribution < -0.4 is 5.32 Å². The molecule has 1 unspecified atom stereocenters. The fourth-order valence-electron chi connectivity index (χ4n) is 1.45. The number of aliphatic hydroxyl groups is 1. The first-order chi connectivity index (χ1) is 6.66. The van der Waals surface area contributed by atoms with Crippen LogP contribution in [0.2, 0.25) is 12.6 Å². The molecular weight excluding hydrogens is 212 g/mol. The molecular formula is C9H18N2OSSi. The van der Waals surface area contributed by atoms with Crippen molar-refractivity contribution in [3.05, 3.63) is 11.8 Å². The van der Waals surface area contributed by atoms with Gasteiger partial charge in [-0.05, 0) is 31.1 Å². The largest absolute Gasteiger partial charge is 0.369 e. The minimum absolute atomic E-state index is 0.134. The van der Waals surface area contributed by atoms with Gasteiger partial charge in [0, 0.05) is 22.3 Å². The molecule has 0 radical (unpaired) electrons. The Kier molecular flexibility index (Phi) is 4.57. The zero-order valence-electron chi connectivity index (χ0n) is 8.79. The van der Waals surface area contributed by atoms with E-state index in [1.807, 2.05) is 11.8 Å². The minimum Gasteiger partial charge on any atom is -0.369 e. The van der Waals surface area contributed by atoms with Crippen molar-refractivity contribution in [2.45, 2.75) is 32.2 Å². The highest BCUT2D eigenvalue weighted by atomic mass is 32.1. The Morgan fingerprint density at radius 3 is 3.07 bits per heavy atom. The van der Waals surface area contributed by atoms with Crippen molar-refractivity contribution in [1.29, 1.82) is 0 Å². The topological polar surface area (TPSA) is 35.5 Å². The molecule has 1 aliphatic heterocycles. The Balaban J connectivity index is 2.49. The highest BCUT2D eigenvalue weighted by Gasteiger charge is 2.22. The summed E-state index contributed by atoms with van der Waals surface area (Å²) in [5, 5.41) is 13.5. The van der Waals surface area contributed by atoms with Crippen LogP contribution in [0.1, 0.15) is 13.3 Å². The van der Waals surface area contributed by atoms with Gasteiger partial charge in [-0.25, -0.2) is 0 Å². The molecule has 0 spiro atoms. The van der Waals surface area contributed by atoms with Crippen LogP contribution in [0.3, 0.4) is 0 Å². The first kappa shape index (κ1) is 11.7. The van der Waals surface area contributed by atoms with Crippen molar-refractivity contribution in [3.8, 4) is 0 Å². The number of hydrogen-bond acceptors (Lipinski definition) is 2. The van der Waals surface area contributed by atoms with Crippen LogP contribution >= 0.6 is 12.2 Å². The monoisotopic (exact) mass is 230 g/mol. The van der Waals surface area contributed by atoms with Gasteiger partial charge < -0.3 is 15.3 Å². The molecule has 1 rings (SSSR count). The Labute approximate surface area is 93.0 Å². The van der Waals surface area contributed by atoms with Crippen LogP contribution in [0.15, 0.2) is 11.8 Å². The third kappa shape index (κ3) is 2.80. The number of hydrogen-bond donors (Lipinski definition) is 2. The molecule has 0 aromatic heterocycles. The van der Waals surface area contributed by atoms with Gasteiger partial charge >= 0.3 is 0 Å². The SMILES string of the molecule is C[SiH2]CCCN1C(=S)NC=C(C)C1O. The predicted octanol–water partition coefficient (Wildman–Crippen LogP) is 0.424. The number of nitrogens with zero attached hydrogens (tertiary/aromatic N) is 1. The lowest BCUT2D eigenvalue weighted by Gasteiger charge is -2.34. The molecule has 14 heavy (non-hydrogen) atoms. The number of thiocarbonyl (C=S) groups is 1. The molecule has 0 amide bonds. The summed E-state index contributed by atoms with van der Waals surface area (Å²) < 4.78 is 0. The van der Waals surface area contributed by atoms with Gasteiger partial charge in [0.1, 0.15) is 0 Å². The lowest BCUT2D eigenvalue weighted by atomic mass is 10.2. The van der Waals surface area contributed by atoms with E-state index in [9.17, 15) is 5.11 Å². The molecule has 1 heterocycles. The van der Waals surface area contributed by atoms with Crippen LogP contribution in [-0.2, 0) is 0 Å². The third-order valence-corrected chi connectivity index (χ3v) is 3.95. The van der Waals surface area contributed by atoms with E-state index in [4.69, 9.17) is 12.2 Å². The summed E-state index contributed by atoms with van der Waals surface area (Å²) in [5.41, 5.74) is 0.923. The highest BCUT2D eigenvalue weighted by Crippen LogP contribution is 2.12. The van der Waals surface area contributed by atoms with Crippen molar-refractivity contribution in [2.24, 2.45) is 0 Å². The van der Waals surface area contributed by atoms with E-state index in [1.54, 1.807) is 6.20 Å². The standard InChI is InChI=1S/C9H18N2OSSi/c1-7-6-10-9(13)11(8(7)12)4-3-5-14-2/h6,8,12H,3-5,14H2,1-2H3,(H,10,13). The first-order valence-corrected chi connectivity index (χ1v) is 7.91. The van der Waals surface area contributed by atoms with Gasteiger partial charge in [0.15, 0.2) is 11.3 Å². The zero-order valence-corrected chi connectivity index (χ0v) is 11.0. The third-order valence-electron chi connectivity index (χ3n) is 2.39. The Bertz CT molecular complexity index is 245. The van der Waals surface area contributed by atoms with E-state index in [0.717, 1.165) is 18.5 Å². The van der Waals surface area contributed by atoms with E-state index in [0.29, 0.717) is 5.11 Å². The Morgan fingerprint density at radius 2 is 2.43 bits per heavy atom. The lowest BCUT2D eigenvalue weighted by Crippen LogP contribution is -2.49. The molecule has 3 nitrogen and oxygen atoms in total. The van der Waals surface area contributed by atoms with Crippen molar-refractivity contribution >= 4 is 26.8 Å². The van der Waals surface area contributed by atoms with Crippen molar-refractivity contribution in [1.82, 2.24) is 10.2 Å².